The fourth-order valence-electron chi connectivity index (χ4n) is 4.62. The molecule has 0 unspecified atom stereocenters. The van der Waals surface area contributed by atoms with Gasteiger partial charge in [0.2, 0.25) is 5.90 Å². The van der Waals surface area contributed by atoms with Gasteiger partial charge in [0.25, 0.3) is 5.56 Å². The van der Waals surface area contributed by atoms with E-state index in [4.69, 9.17) is 9.72 Å². The molecule has 4 aromatic rings. The summed E-state index contributed by atoms with van der Waals surface area (Å²) in [5.74, 6) is -1.57. The van der Waals surface area contributed by atoms with E-state index in [1.807, 2.05) is 12.1 Å². The molecule has 0 bridgehead atoms. The first-order valence-electron chi connectivity index (χ1n) is 12.5. The molecule has 1 aliphatic carbocycles. The Labute approximate surface area is 222 Å². The van der Waals surface area contributed by atoms with Gasteiger partial charge in [0.15, 0.2) is 5.82 Å². The van der Waals surface area contributed by atoms with E-state index in [2.05, 4.69) is 31.8 Å². The van der Waals surface area contributed by atoms with Gasteiger partial charge < -0.3 is 15.0 Å². The van der Waals surface area contributed by atoms with Crippen molar-refractivity contribution in [1.29, 1.82) is 0 Å². The number of allylic oxidation sites excluding steroid dienone is 2. The molecule has 0 saturated heterocycles. The monoisotopic (exact) mass is 529 g/mol. The Balaban J connectivity index is 1.34. The summed E-state index contributed by atoms with van der Waals surface area (Å²) in [6.07, 6.45) is 5.52. The van der Waals surface area contributed by atoms with Crippen molar-refractivity contribution < 1.29 is 13.5 Å². The van der Waals surface area contributed by atoms with Gasteiger partial charge in [-0.3, -0.25) is 9.36 Å². The summed E-state index contributed by atoms with van der Waals surface area (Å²) in [4.78, 5) is 33.5. The predicted molar refractivity (Wildman–Crippen MR) is 143 cm³/mol. The predicted octanol–water partition coefficient (Wildman–Crippen LogP) is 4.23. The average Bonchev–Trinajstić information content (AvgIpc) is 3.69. The first-order valence-corrected chi connectivity index (χ1v) is 12.5. The molecule has 1 fully saturated rings. The van der Waals surface area contributed by atoms with E-state index in [1.165, 1.54) is 6.07 Å². The van der Waals surface area contributed by atoms with Gasteiger partial charge >= 0.3 is 5.92 Å². The van der Waals surface area contributed by atoms with Crippen LogP contribution in [0.15, 0.2) is 76.9 Å². The summed E-state index contributed by atoms with van der Waals surface area (Å²) in [7, 11) is 1.57. The smallest absolute Gasteiger partial charge is 0.307 e. The number of aromatic nitrogens is 5. The molecular formula is C28H25F2N7O2. The summed E-state index contributed by atoms with van der Waals surface area (Å²) in [6.45, 7) is 3.86. The van der Waals surface area contributed by atoms with Crippen molar-refractivity contribution >= 4 is 22.5 Å². The number of fused-ring (bicyclic) bond motifs is 1. The Morgan fingerprint density at radius 1 is 1.15 bits per heavy atom. The number of hydrogen-bond acceptors (Lipinski definition) is 7. The number of alkyl halides is 2. The van der Waals surface area contributed by atoms with Gasteiger partial charge in [-0.05, 0) is 36.5 Å². The van der Waals surface area contributed by atoms with Crippen molar-refractivity contribution in [3.8, 4) is 11.4 Å². The number of imidazole rings is 1. The maximum atomic E-state index is 13.9. The number of benzene rings is 1. The van der Waals surface area contributed by atoms with Gasteiger partial charge in [-0.1, -0.05) is 30.8 Å². The minimum Gasteiger partial charge on any atom is -0.481 e. The number of nitrogens with one attached hydrogen (secondary N) is 2. The first-order chi connectivity index (χ1) is 18.9. The van der Waals surface area contributed by atoms with Crippen LogP contribution >= 0.6 is 0 Å². The van der Waals surface area contributed by atoms with E-state index in [0.29, 0.717) is 47.4 Å². The van der Waals surface area contributed by atoms with Crippen molar-refractivity contribution in [1.82, 2.24) is 29.8 Å². The number of ether oxygens (including phenoxy) is 1. The molecule has 9 nitrogen and oxygen atoms in total. The lowest BCUT2D eigenvalue weighted by molar-refractivity contribution is 0.0482. The lowest BCUT2D eigenvalue weighted by atomic mass is 10.1. The Kier molecular flexibility index (Phi) is 6.05. The third-order valence-electron chi connectivity index (χ3n) is 6.86. The van der Waals surface area contributed by atoms with E-state index in [0.717, 1.165) is 41.3 Å². The Morgan fingerprint density at radius 3 is 2.67 bits per heavy atom. The number of methoxy groups -OCH3 is 1. The van der Waals surface area contributed by atoms with E-state index in [9.17, 15) is 13.6 Å². The summed E-state index contributed by atoms with van der Waals surface area (Å²) in [5, 5.41) is 4.07. The minimum atomic E-state index is -3.19. The van der Waals surface area contributed by atoms with Crippen LogP contribution in [0.5, 0.6) is 0 Å². The highest BCUT2D eigenvalue weighted by Crippen LogP contribution is 2.39. The largest absolute Gasteiger partial charge is 0.481 e. The summed E-state index contributed by atoms with van der Waals surface area (Å²) >= 11 is 0. The average molecular weight is 530 g/mol. The van der Waals surface area contributed by atoms with Crippen LogP contribution in [0.2, 0.25) is 0 Å². The number of hydrogen-bond donors (Lipinski definition) is 2. The van der Waals surface area contributed by atoms with Crippen LogP contribution < -0.4 is 10.9 Å². The highest BCUT2D eigenvalue weighted by atomic mass is 19.3. The number of pyridine rings is 1. The van der Waals surface area contributed by atoms with Crippen LogP contribution in [-0.2, 0) is 17.2 Å². The second kappa shape index (κ2) is 9.57. The van der Waals surface area contributed by atoms with Crippen molar-refractivity contribution in [3.05, 3.63) is 94.6 Å². The molecule has 2 aliphatic rings. The fourth-order valence-corrected chi connectivity index (χ4v) is 4.62. The number of aliphatic imine (C=N–C) groups is 1. The molecule has 6 rings (SSSR count). The van der Waals surface area contributed by atoms with Crippen LogP contribution in [0, 0.1) is 5.92 Å². The molecule has 0 amide bonds. The highest BCUT2D eigenvalue weighted by molar-refractivity contribution is 6.20. The second-order valence-electron chi connectivity index (χ2n) is 9.46. The fraction of sp³-hybridized carbons (Fsp3) is 0.250. The zero-order valence-corrected chi connectivity index (χ0v) is 21.1. The molecule has 0 spiro atoms. The van der Waals surface area contributed by atoms with Crippen LogP contribution in [0.1, 0.15) is 29.9 Å². The number of rotatable bonds is 7. The number of H-pyrrole nitrogens is 1. The van der Waals surface area contributed by atoms with Crippen molar-refractivity contribution in [2.45, 2.75) is 25.3 Å². The van der Waals surface area contributed by atoms with E-state index in [1.54, 1.807) is 36.1 Å². The quantitative estimate of drug-likeness (QED) is 0.347. The summed E-state index contributed by atoms with van der Waals surface area (Å²) in [5.41, 5.74) is 3.15. The Hall–Kier alpha value is -4.67. The molecule has 1 aliphatic heterocycles. The van der Waals surface area contributed by atoms with Gasteiger partial charge in [0, 0.05) is 28.9 Å². The maximum absolute atomic E-state index is 13.9. The second-order valence-corrected chi connectivity index (χ2v) is 9.46. The molecule has 39 heavy (non-hydrogen) atoms. The van der Waals surface area contributed by atoms with E-state index in [-0.39, 0.29) is 17.8 Å². The van der Waals surface area contributed by atoms with Gasteiger partial charge in [-0.15, -0.1) is 0 Å². The number of aromatic amines is 1. The summed E-state index contributed by atoms with van der Waals surface area (Å²) in [6, 6.07) is 10.4. The Bertz CT molecular complexity index is 1700. The molecule has 0 atom stereocenters. The molecule has 11 heteroatoms. The van der Waals surface area contributed by atoms with Crippen molar-refractivity contribution in [2.24, 2.45) is 10.9 Å². The van der Waals surface area contributed by atoms with Crippen molar-refractivity contribution in [2.75, 3.05) is 13.8 Å². The molecule has 2 N–H and O–H groups in total. The standard InChI is InChI=1S/C28H25F2N7O2/c1-3-28(29,30)20-13-32-24(35-20)18-6-4-16(5-7-18)14-37-21(38)11-10-19-12-31-25(36-26(19)37)22-23(17-8-9-17)33-15-34-27(22)39-2/h3-7,10-13,17,33H,1,8-9,14-15H2,2H3,(H,32,35). The lowest BCUT2D eigenvalue weighted by Crippen LogP contribution is -2.27. The number of nitrogens with zero attached hydrogens (tertiary/aromatic N) is 5. The molecule has 198 valence electrons. The SMILES string of the molecule is C=CC(F)(F)c1cnc(-c2ccc(Cn3c(=O)ccc4cnc(C5=C(C6CC6)NCN=C5OC)nc43)cc2)[nH]1. The first kappa shape index (κ1) is 24.7. The van der Waals surface area contributed by atoms with Crippen LogP contribution in [-0.4, -0.2) is 44.2 Å². The lowest BCUT2D eigenvalue weighted by Gasteiger charge is -2.21. The highest BCUT2D eigenvalue weighted by Gasteiger charge is 2.34. The minimum absolute atomic E-state index is 0.211. The Morgan fingerprint density at radius 2 is 1.95 bits per heavy atom. The normalized spacial score (nSPS) is 15.7. The summed E-state index contributed by atoms with van der Waals surface area (Å²) < 4.78 is 34.9. The maximum Gasteiger partial charge on any atom is 0.307 e. The zero-order chi connectivity index (χ0) is 27.1. The molecule has 0 radical (unpaired) electrons. The van der Waals surface area contributed by atoms with Crippen LogP contribution in [0.25, 0.3) is 28.0 Å². The van der Waals surface area contributed by atoms with E-state index < -0.39 is 5.92 Å². The van der Waals surface area contributed by atoms with E-state index >= 15 is 0 Å². The van der Waals surface area contributed by atoms with Crippen molar-refractivity contribution in [3.63, 3.8) is 0 Å². The molecule has 1 aromatic carbocycles. The topological polar surface area (TPSA) is 110 Å². The molecular weight excluding hydrogens is 504 g/mol. The number of halogens is 2. The van der Waals surface area contributed by atoms with Gasteiger partial charge in [-0.25, -0.2) is 19.9 Å². The van der Waals surface area contributed by atoms with Crippen LogP contribution in [0.4, 0.5) is 8.78 Å². The van der Waals surface area contributed by atoms with Crippen LogP contribution in [0.3, 0.4) is 0 Å². The van der Waals surface area contributed by atoms with Gasteiger partial charge in [0.05, 0.1) is 19.9 Å². The zero-order valence-electron chi connectivity index (χ0n) is 21.1. The third kappa shape index (κ3) is 4.60. The van der Waals surface area contributed by atoms with Gasteiger partial charge in [-0.2, -0.15) is 8.78 Å². The third-order valence-corrected chi connectivity index (χ3v) is 6.86. The molecule has 1 saturated carbocycles. The molecule has 3 aromatic heterocycles. The van der Waals surface area contributed by atoms with Gasteiger partial charge in [0.1, 0.15) is 29.4 Å². The molecule has 4 heterocycles.